The Morgan fingerprint density at radius 1 is 1.41 bits per heavy atom. The van der Waals surface area contributed by atoms with Crippen LogP contribution in [0.1, 0.15) is 38.7 Å². The lowest BCUT2D eigenvalue weighted by Crippen LogP contribution is -2.36. The largest absolute Gasteiger partial charge is 0.370 e. The van der Waals surface area contributed by atoms with E-state index >= 15 is 0 Å². The second-order valence-corrected chi connectivity index (χ2v) is 4.90. The van der Waals surface area contributed by atoms with E-state index in [9.17, 15) is 0 Å². The molecular formula is C14H23N3. The van der Waals surface area contributed by atoms with Gasteiger partial charge in [0.1, 0.15) is 5.82 Å². The van der Waals surface area contributed by atoms with Crippen molar-refractivity contribution in [1.29, 1.82) is 0 Å². The standard InChI is InChI=1S/C14H23N3/c1-3-15-14-8-7-13(10-16-14)11-17-9-5-4-6-12(17)2/h7-8,10,12H,3-6,9,11H2,1-2H3,(H,15,16). The van der Waals surface area contributed by atoms with Crippen LogP contribution < -0.4 is 5.32 Å². The predicted molar refractivity (Wildman–Crippen MR) is 72.1 cm³/mol. The molecule has 1 unspecified atom stereocenters. The first kappa shape index (κ1) is 12.4. The molecule has 94 valence electrons. The molecule has 2 rings (SSSR count). The summed E-state index contributed by atoms with van der Waals surface area (Å²) in [5.74, 6) is 0.975. The van der Waals surface area contributed by atoms with E-state index in [1.54, 1.807) is 0 Å². The molecule has 1 fully saturated rings. The molecule has 17 heavy (non-hydrogen) atoms. The van der Waals surface area contributed by atoms with Gasteiger partial charge in [-0.15, -0.1) is 0 Å². The molecule has 1 N–H and O–H groups in total. The summed E-state index contributed by atoms with van der Waals surface area (Å²) in [6.07, 6.45) is 6.06. The molecule has 0 bridgehead atoms. The van der Waals surface area contributed by atoms with Gasteiger partial charge in [-0.25, -0.2) is 4.98 Å². The first-order valence-electron chi connectivity index (χ1n) is 6.72. The van der Waals surface area contributed by atoms with Gasteiger partial charge in [0.05, 0.1) is 0 Å². The molecular weight excluding hydrogens is 210 g/mol. The van der Waals surface area contributed by atoms with Crippen LogP contribution in [0.15, 0.2) is 18.3 Å². The van der Waals surface area contributed by atoms with Crippen molar-refractivity contribution >= 4 is 5.82 Å². The average molecular weight is 233 g/mol. The van der Waals surface area contributed by atoms with E-state index in [0.29, 0.717) is 0 Å². The lowest BCUT2D eigenvalue weighted by molar-refractivity contribution is 0.152. The van der Waals surface area contributed by atoms with Gasteiger partial charge >= 0.3 is 0 Å². The minimum Gasteiger partial charge on any atom is -0.370 e. The number of nitrogens with zero attached hydrogens (tertiary/aromatic N) is 2. The van der Waals surface area contributed by atoms with Crippen molar-refractivity contribution in [3.63, 3.8) is 0 Å². The molecule has 3 heteroatoms. The zero-order chi connectivity index (χ0) is 12.1. The van der Waals surface area contributed by atoms with E-state index in [1.807, 2.05) is 6.20 Å². The summed E-state index contributed by atoms with van der Waals surface area (Å²) in [4.78, 5) is 6.98. The number of hydrogen-bond acceptors (Lipinski definition) is 3. The molecule has 3 nitrogen and oxygen atoms in total. The lowest BCUT2D eigenvalue weighted by Gasteiger charge is -2.33. The molecule has 1 aliphatic rings. The molecule has 0 aromatic carbocycles. The fourth-order valence-electron chi connectivity index (χ4n) is 2.43. The number of pyridine rings is 1. The molecule has 1 aromatic heterocycles. The van der Waals surface area contributed by atoms with Crippen molar-refractivity contribution in [2.75, 3.05) is 18.4 Å². The summed E-state index contributed by atoms with van der Waals surface area (Å²) < 4.78 is 0. The van der Waals surface area contributed by atoms with Crippen molar-refractivity contribution in [2.45, 2.75) is 45.7 Å². The van der Waals surface area contributed by atoms with E-state index < -0.39 is 0 Å². The molecule has 1 aliphatic heterocycles. The van der Waals surface area contributed by atoms with Gasteiger partial charge in [-0.3, -0.25) is 4.90 Å². The van der Waals surface area contributed by atoms with Crippen LogP contribution in [0.25, 0.3) is 0 Å². The zero-order valence-corrected chi connectivity index (χ0v) is 10.9. The molecule has 2 heterocycles. The van der Waals surface area contributed by atoms with Gasteiger partial charge in [-0.2, -0.15) is 0 Å². The smallest absolute Gasteiger partial charge is 0.125 e. The van der Waals surface area contributed by atoms with Gasteiger partial charge < -0.3 is 5.32 Å². The number of aromatic nitrogens is 1. The van der Waals surface area contributed by atoms with Gasteiger partial charge in [-0.05, 0) is 44.9 Å². The first-order chi connectivity index (χ1) is 8.29. The molecule has 0 spiro atoms. The van der Waals surface area contributed by atoms with Crippen LogP contribution in [0, 0.1) is 0 Å². The highest BCUT2D eigenvalue weighted by molar-refractivity contribution is 5.35. The third-order valence-corrected chi connectivity index (χ3v) is 3.51. The Morgan fingerprint density at radius 3 is 2.94 bits per heavy atom. The zero-order valence-electron chi connectivity index (χ0n) is 10.9. The molecule has 0 saturated carbocycles. The van der Waals surface area contributed by atoms with Crippen molar-refractivity contribution in [1.82, 2.24) is 9.88 Å². The maximum atomic E-state index is 4.42. The van der Waals surface area contributed by atoms with Crippen LogP contribution >= 0.6 is 0 Å². The van der Waals surface area contributed by atoms with Gasteiger partial charge in [0.15, 0.2) is 0 Å². The minimum atomic E-state index is 0.720. The van der Waals surface area contributed by atoms with Gasteiger partial charge in [0, 0.05) is 25.3 Å². The third-order valence-electron chi connectivity index (χ3n) is 3.51. The molecule has 0 amide bonds. The first-order valence-corrected chi connectivity index (χ1v) is 6.72. The van der Waals surface area contributed by atoms with Gasteiger partial charge in [0.25, 0.3) is 0 Å². The van der Waals surface area contributed by atoms with Crippen molar-refractivity contribution in [3.05, 3.63) is 23.9 Å². The molecule has 0 aliphatic carbocycles. The molecule has 1 aromatic rings. The van der Waals surface area contributed by atoms with Crippen molar-refractivity contribution < 1.29 is 0 Å². The predicted octanol–water partition coefficient (Wildman–Crippen LogP) is 2.89. The Labute approximate surface area is 104 Å². The fraction of sp³-hybridized carbons (Fsp3) is 0.643. The van der Waals surface area contributed by atoms with Crippen LogP contribution in [0.4, 0.5) is 5.82 Å². The van der Waals surface area contributed by atoms with E-state index in [1.165, 1.54) is 31.4 Å². The van der Waals surface area contributed by atoms with E-state index in [2.05, 4.69) is 41.2 Å². The number of piperidine rings is 1. The van der Waals surface area contributed by atoms with Crippen LogP contribution in [0.3, 0.4) is 0 Å². The quantitative estimate of drug-likeness (QED) is 0.866. The monoisotopic (exact) mass is 233 g/mol. The number of likely N-dealkylation sites (tertiary alicyclic amines) is 1. The average Bonchev–Trinajstić information content (AvgIpc) is 2.35. The molecule has 1 saturated heterocycles. The normalized spacial score (nSPS) is 21.4. The van der Waals surface area contributed by atoms with Crippen LogP contribution in [-0.2, 0) is 6.54 Å². The van der Waals surface area contributed by atoms with Gasteiger partial charge in [-0.1, -0.05) is 12.5 Å². The summed E-state index contributed by atoms with van der Waals surface area (Å²) in [5.41, 5.74) is 1.32. The van der Waals surface area contributed by atoms with Crippen molar-refractivity contribution in [3.8, 4) is 0 Å². The summed E-state index contributed by atoms with van der Waals surface area (Å²) in [6.45, 7) is 7.62. The summed E-state index contributed by atoms with van der Waals surface area (Å²) >= 11 is 0. The number of anilines is 1. The van der Waals surface area contributed by atoms with E-state index in [0.717, 1.165) is 24.9 Å². The summed E-state index contributed by atoms with van der Waals surface area (Å²) in [5, 5.41) is 3.22. The lowest BCUT2D eigenvalue weighted by atomic mass is 10.0. The summed E-state index contributed by atoms with van der Waals surface area (Å²) in [6, 6.07) is 4.98. The number of rotatable bonds is 4. The second-order valence-electron chi connectivity index (χ2n) is 4.90. The third kappa shape index (κ3) is 3.43. The van der Waals surface area contributed by atoms with Crippen LogP contribution in [-0.4, -0.2) is 29.0 Å². The Kier molecular flexibility index (Phi) is 4.37. The highest BCUT2D eigenvalue weighted by Gasteiger charge is 2.17. The highest BCUT2D eigenvalue weighted by atomic mass is 15.2. The Morgan fingerprint density at radius 2 is 2.29 bits per heavy atom. The minimum absolute atomic E-state index is 0.720. The summed E-state index contributed by atoms with van der Waals surface area (Å²) in [7, 11) is 0. The maximum absolute atomic E-state index is 4.42. The fourth-order valence-corrected chi connectivity index (χ4v) is 2.43. The number of nitrogens with one attached hydrogen (secondary N) is 1. The van der Waals surface area contributed by atoms with Crippen molar-refractivity contribution in [2.24, 2.45) is 0 Å². The highest BCUT2D eigenvalue weighted by Crippen LogP contribution is 2.19. The Hall–Kier alpha value is -1.09. The Balaban J connectivity index is 1.93. The van der Waals surface area contributed by atoms with Crippen LogP contribution in [0.5, 0.6) is 0 Å². The SMILES string of the molecule is CCNc1ccc(CN2CCCCC2C)cn1. The van der Waals surface area contributed by atoms with E-state index in [4.69, 9.17) is 0 Å². The topological polar surface area (TPSA) is 28.2 Å². The van der Waals surface area contributed by atoms with E-state index in [-0.39, 0.29) is 0 Å². The molecule has 1 atom stereocenters. The Bertz CT molecular complexity index is 334. The van der Waals surface area contributed by atoms with Crippen LogP contribution in [0.2, 0.25) is 0 Å². The number of hydrogen-bond donors (Lipinski definition) is 1. The van der Waals surface area contributed by atoms with Gasteiger partial charge in [0.2, 0.25) is 0 Å². The maximum Gasteiger partial charge on any atom is 0.125 e. The molecule has 0 radical (unpaired) electrons. The second kappa shape index (κ2) is 6.01.